The molecule has 7 N–H and O–H groups in total. The first-order valence-corrected chi connectivity index (χ1v) is 12.9. The van der Waals surface area contributed by atoms with Crippen LogP contribution in [0.2, 0.25) is 5.02 Å². The number of aliphatic imine (C=N–C) groups is 1. The molecule has 4 aromatic rings. The lowest BCUT2D eigenvalue weighted by Crippen LogP contribution is -2.51. The van der Waals surface area contributed by atoms with Gasteiger partial charge in [0.25, 0.3) is 0 Å². The normalized spacial score (nSPS) is 21.3. The predicted molar refractivity (Wildman–Crippen MR) is 150 cm³/mol. The third-order valence-electron chi connectivity index (χ3n) is 7.99. The first-order chi connectivity index (χ1) is 18.0. The fraction of sp³-hybridized carbons (Fsp3) is 0.370. The van der Waals surface area contributed by atoms with Crippen LogP contribution in [-0.2, 0) is 6.54 Å². The van der Waals surface area contributed by atoms with Crippen molar-refractivity contribution in [1.29, 1.82) is 0 Å². The third kappa shape index (κ3) is 4.59. The van der Waals surface area contributed by atoms with Gasteiger partial charge in [-0.2, -0.15) is 10.2 Å². The number of hydrogen-bond acceptors (Lipinski definition) is 7. The summed E-state index contributed by atoms with van der Waals surface area (Å²) in [6, 6.07) is 6.66. The fourth-order valence-corrected chi connectivity index (χ4v) is 5.24. The van der Waals surface area contributed by atoms with Gasteiger partial charge in [0.1, 0.15) is 11.6 Å². The summed E-state index contributed by atoms with van der Waals surface area (Å²) in [7, 11) is 0. The van der Waals surface area contributed by atoms with Gasteiger partial charge in [0.2, 0.25) is 0 Å². The van der Waals surface area contributed by atoms with Crippen LogP contribution in [0.5, 0.6) is 5.75 Å². The van der Waals surface area contributed by atoms with Crippen molar-refractivity contribution in [3.63, 3.8) is 0 Å². The highest BCUT2D eigenvalue weighted by Crippen LogP contribution is 2.46. The fourth-order valence-electron chi connectivity index (χ4n) is 5.03. The molecule has 3 aromatic heterocycles. The Morgan fingerprint density at radius 1 is 1.18 bits per heavy atom. The van der Waals surface area contributed by atoms with Crippen LogP contribution in [0.1, 0.15) is 39.2 Å². The Labute approximate surface area is 225 Å². The average molecular weight is 537 g/mol. The number of aliphatic hydroxyl groups is 1. The van der Waals surface area contributed by atoms with Crippen molar-refractivity contribution < 1.29 is 10.2 Å². The number of amidine groups is 1. The number of phenolic OH excluding ortho intramolecular Hbond substituents is 1. The molecule has 1 aromatic carbocycles. The van der Waals surface area contributed by atoms with Gasteiger partial charge in [0.15, 0.2) is 0 Å². The van der Waals surface area contributed by atoms with Crippen LogP contribution < -0.4 is 16.8 Å². The highest BCUT2D eigenvalue weighted by molar-refractivity contribution is 6.33. The second kappa shape index (κ2) is 9.61. The molecule has 0 spiro atoms. The van der Waals surface area contributed by atoms with Gasteiger partial charge in [-0.05, 0) is 38.0 Å². The molecule has 0 amide bonds. The third-order valence-corrected chi connectivity index (χ3v) is 8.30. The maximum atomic E-state index is 9.71. The van der Waals surface area contributed by atoms with E-state index in [1.165, 1.54) is 12.1 Å². The van der Waals surface area contributed by atoms with Crippen LogP contribution in [0.3, 0.4) is 0 Å². The Bertz CT molecular complexity index is 1520. The Hall–Kier alpha value is -3.60. The molecule has 2 atom stereocenters. The SMILES string of the molecule is CC1(C)[C@H](Nc2c(C(N)=Nc3ccc(O)cc3Cl)cnn3cc(-c4cnn(CCO)c4)cc23)CC[C@]1(C)N. The standard InChI is InChI=1S/C27H33ClN8O2/c1-26(2)23(6-7-27(26,3)30)34-24-19(25(29)33-21-5-4-18(38)11-20(21)28)13-32-36-15-16(10-22(24)36)17-12-31-35(14-17)8-9-37/h4-5,10-15,23,34,37-38H,6-9,30H2,1-3H3,(H2,29,33)/t23-,27+/m1/s1. The van der Waals surface area contributed by atoms with E-state index in [1.54, 1.807) is 27.7 Å². The van der Waals surface area contributed by atoms with Gasteiger partial charge in [-0.25, -0.2) is 9.51 Å². The van der Waals surface area contributed by atoms with Crippen LogP contribution in [0.15, 0.2) is 54.0 Å². The van der Waals surface area contributed by atoms with Crippen LogP contribution in [0.4, 0.5) is 11.4 Å². The number of fused-ring (bicyclic) bond motifs is 1. The quantitative estimate of drug-likeness (QED) is 0.177. The van der Waals surface area contributed by atoms with E-state index in [4.69, 9.17) is 23.1 Å². The molecule has 200 valence electrons. The Morgan fingerprint density at radius 3 is 2.66 bits per heavy atom. The van der Waals surface area contributed by atoms with Crippen LogP contribution in [-0.4, -0.2) is 53.6 Å². The average Bonchev–Trinajstić information content (AvgIpc) is 3.54. The lowest BCUT2D eigenvalue weighted by Gasteiger charge is -2.39. The minimum absolute atomic E-state index is 0.0126. The number of aliphatic hydroxyl groups excluding tert-OH is 1. The number of aromatic hydroxyl groups is 1. The molecule has 0 bridgehead atoms. The van der Waals surface area contributed by atoms with Crippen LogP contribution in [0.25, 0.3) is 16.6 Å². The zero-order valence-electron chi connectivity index (χ0n) is 21.7. The molecule has 5 rings (SSSR count). The van der Waals surface area contributed by atoms with Gasteiger partial charge in [-0.3, -0.25) is 4.68 Å². The second-order valence-corrected chi connectivity index (χ2v) is 11.1. The first kappa shape index (κ1) is 26.0. The van der Waals surface area contributed by atoms with Crippen molar-refractivity contribution in [2.75, 3.05) is 11.9 Å². The molecule has 1 saturated carbocycles. The van der Waals surface area contributed by atoms with Crippen molar-refractivity contribution in [2.24, 2.45) is 21.9 Å². The van der Waals surface area contributed by atoms with Gasteiger partial charge in [-0.15, -0.1) is 0 Å². The van der Waals surface area contributed by atoms with Gasteiger partial charge in [0.05, 0.1) is 53.0 Å². The molecule has 1 aliphatic rings. The van der Waals surface area contributed by atoms with E-state index in [0.29, 0.717) is 17.8 Å². The zero-order chi connectivity index (χ0) is 27.2. The lowest BCUT2D eigenvalue weighted by molar-refractivity contribution is 0.215. The van der Waals surface area contributed by atoms with Gasteiger partial charge in [-0.1, -0.05) is 25.4 Å². The molecule has 38 heavy (non-hydrogen) atoms. The number of nitrogens with two attached hydrogens (primary N) is 2. The summed E-state index contributed by atoms with van der Waals surface area (Å²) in [5, 5.41) is 32.0. The summed E-state index contributed by atoms with van der Waals surface area (Å²) in [4.78, 5) is 4.57. The molecule has 10 nitrogen and oxygen atoms in total. The molecule has 11 heteroatoms. The number of phenols is 1. The van der Waals surface area contributed by atoms with Crippen molar-refractivity contribution >= 4 is 34.3 Å². The summed E-state index contributed by atoms with van der Waals surface area (Å²) < 4.78 is 3.50. The van der Waals surface area contributed by atoms with Crippen LogP contribution >= 0.6 is 11.6 Å². The molecular formula is C27H33ClN8O2. The summed E-state index contributed by atoms with van der Waals surface area (Å²) in [5.74, 6) is 0.286. The van der Waals surface area contributed by atoms with Crippen LogP contribution in [0, 0.1) is 5.41 Å². The maximum Gasteiger partial charge on any atom is 0.135 e. The minimum atomic E-state index is -0.332. The van der Waals surface area contributed by atoms with Gasteiger partial charge >= 0.3 is 0 Å². The summed E-state index contributed by atoms with van der Waals surface area (Å²) in [6.45, 7) is 6.90. The number of nitrogens with one attached hydrogen (secondary N) is 1. The molecule has 0 unspecified atom stereocenters. The largest absolute Gasteiger partial charge is 0.508 e. The minimum Gasteiger partial charge on any atom is -0.508 e. The van der Waals surface area contributed by atoms with E-state index >= 15 is 0 Å². The highest BCUT2D eigenvalue weighted by Gasteiger charge is 2.49. The molecule has 0 aliphatic heterocycles. The molecule has 1 aliphatic carbocycles. The predicted octanol–water partition coefficient (Wildman–Crippen LogP) is 3.90. The van der Waals surface area contributed by atoms with E-state index in [0.717, 1.165) is 35.2 Å². The zero-order valence-corrected chi connectivity index (χ0v) is 22.4. The first-order valence-electron chi connectivity index (χ1n) is 12.5. The molecule has 1 fully saturated rings. The maximum absolute atomic E-state index is 9.71. The smallest absolute Gasteiger partial charge is 0.135 e. The van der Waals surface area contributed by atoms with Crippen molar-refractivity contribution in [2.45, 2.75) is 51.7 Å². The highest BCUT2D eigenvalue weighted by atomic mass is 35.5. The van der Waals surface area contributed by atoms with Crippen molar-refractivity contribution in [3.8, 4) is 16.9 Å². The second-order valence-electron chi connectivity index (χ2n) is 10.7. The Balaban J connectivity index is 1.63. The summed E-state index contributed by atoms with van der Waals surface area (Å²) >= 11 is 6.30. The summed E-state index contributed by atoms with van der Waals surface area (Å²) in [6.07, 6.45) is 9.06. The number of hydrogen-bond donors (Lipinski definition) is 5. The topological polar surface area (TPSA) is 152 Å². The number of nitrogens with zero attached hydrogens (tertiary/aromatic N) is 5. The number of anilines is 1. The van der Waals surface area contributed by atoms with Crippen molar-refractivity contribution in [3.05, 3.63) is 59.6 Å². The lowest BCUT2D eigenvalue weighted by atomic mass is 9.75. The van der Waals surface area contributed by atoms with Crippen molar-refractivity contribution in [1.82, 2.24) is 19.4 Å². The van der Waals surface area contributed by atoms with E-state index in [1.807, 2.05) is 18.5 Å². The number of rotatable bonds is 7. The van der Waals surface area contributed by atoms with E-state index < -0.39 is 0 Å². The molecule has 0 saturated heterocycles. The van der Waals surface area contributed by atoms with E-state index in [9.17, 15) is 10.2 Å². The number of aromatic nitrogens is 4. The number of benzene rings is 1. The van der Waals surface area contributed by atoms with Gasteiger partial charge in [0, 0.05) is 46.6 Å². The van der Waals surface area contributed by atoms with Gasteiger partial charge < -0.3 is 27.0 Å². The summed E-state index contributed by atoms with van der Waals surface area (Å²) in [5.41, 5.74) is 17.2. The Kier molecular flexibility index (Phi) is 6.58. The molecule has 3 heterocycles. The molecular weight excluding hydrogens is 504 g/mol. The van der Waals surface area contributed by atoms with E-state index in [2.05, 4.69) is 41.3 Å². The molecule has 0 radical (unpaired) electrons. The number of halogens is 1. The van der Waals surface area contributed by atoms with E-state index in [-0.39, 0.29) is 40.2 Å². The monoisotopic (exact) mass is 536 g/mol. The Morgan fingerprint density at radius 2 is 1.97 bits per heavy atom.